The molecule has 1 saturated heterocycles. The van der Waals surface area contributed by atoms with Gasteiger partial charge in [0, 0.05) is 19.6 Å². The topological polar surface area (TPSA) is 68.2 Å². The fourth-order valence-electron chi connectivity index (χ4n) is 3.35. The molecule has 0 unspecified atom stereocenters. The Hall–Kier alpha value is -2.73. The molecule has 2 aromatic carbocycles. The number of hydrogen-bond acceptors (Lipinski definition) is 5. The Morgan fingerprint density at radius 2 is 1.70 bits per heavy atom. The number of hydrogen-bond donors (Lipinski definition) is 1. The molecule has 3 rings (SSSR count). The predicted molar refractivity (Wildman–Crippen MR) is 102 cm³/mol. The number of carbonyl (C=O) groups is 1. The third-order valence-corrected chi connectivity index (χ3v) is 4.78. The molecule has 6 nitrogen and oxygen atoms in total. The van der Waals surface area contributed by atoms with E-state index in [1.807, 2.05) is 24.3 Å². The van der Waals surface area contributed by atoms with Crippen molar-refractivity contribution in [1.82, 2.24) is 4.90 Å². The number of nitrogens with zero attached hydrogens (tertiary/aromatic N) is 1. The Balaban J connectivity index is 1.58. The molecule has 2 aromatic rings. The molecular weight excluding hydrogens is 346 g/mol. The van der Waals surface area contributed by atoms with Crippen LogP contribution in [0, 0.1) is 0 Å². The van der Waals surface area contributed by atoms with Crippen LogP contribution in [0.1, 0.15) is 28.8 Å². The minimum Gasteiger partial charge on any atom is -0.493 e. The van der Waals surface area contributed by atoms with E-state index in [4.69, 9.17) is 19.3 Å². The normalized spacial score (nSPS) is 15.3. The summed E-state index contributed by atoms with van der Waals surface area (Å²) in [5.74, 6) is 1.09. The molecule has 0 saturated carbocycles. The van der Waals surface area contributed by atoms with Gasteiger partial charge in [-0.05, 0) is 42.7 Å². The lowest BCUT2D eigenvalue weighted by atomic mass is 10.1. The van der Waals surface area contributed by atoms with E-state index in [2.05, 4.69) is 4.90 Å². The average molecular weight is 371 g/mol. The van der Waals surface area contributed by atoms with Crippen LogP contribution in [0.5, 0.6) is 17.2 Å². The van der Waals surface area contributed by atoms with E-state index in [0.29, 0.717) is 22.8 Å². The van der Waals surface area contributed by atoms with Crippen LogP contribution in [0.4, 0.5) is 0 Å². The van der Waals surface area contributed by atoms with Crippen LogP contribution < -0.4 is 14.2 Å². The van der Waals surface area contributed by atoms with Gasteiger partial charge in [0.2, 0.25) is 5.75 Å². The molecule has 1 fully saturated rings. The quantitative estimate of drug-likeness (QED) is 0.804. The maximum absolute atomic E-state index is 11.1. The standard InChI is InChI=1S/C21H25NO5/c1-25-18-7-4-8-19(26-2)20(18)27-17-9-11-22(12-10-17)14-15-5-3-6-16(13-15)21(23)24/h3-8,13,17H,9-12,14H2,1-2H3,(H,23,24). The van der Waals surface area contributed by atoms with Gasteiger partial charge in [-0.2, -0.15) is 0 Å². The van der Waals surface area contributed by atoms with E-state index in [0.717, 1.165) is 38.0 Å². The van der Waals surface area contributed by atoms with Gasteiger partial charge in [-0.25, -0.2) is 4.79 Å². The number of rotatable bonds is 7. The fraction of sp³-hybridized carbons (Fsp3) is 0.381. The highest BCUT2D eigenvalue weighted by Gasteiger charge is 2.23. The summed E-state index contributed by atoms with van der Waals surface area (Å²) in [6, 6.07) is 12.7. The molecule has 6 heteroatoms. The SMILES string of the molecule is COc1cccc(OC)c1OC1CCN(Cc2cccc(C(=O)O)c2)CC1. The molecule has 0 radical (unpaired) electrons. The highest BCUT2D eigenvalue weighted by Crippen LogP contribution is 2.38. The number of methoxy groups -OCH3 is 2. The van der Waals surface area contributed by atoms with Crippen molar-refractivity contribution in [3.63, 3.8) is 0 Å². The predicted octanol–water partition coefficient (Wildman–Crippen LogP) is 3.45. The first-order valence-corrected chi connectivity index (χ1v) is 9.03. The number of ether oxygens (including phenoxy) is 3. The Kier molecular flexibility index (Phi) is 6.19. The number of likely N-dealkylation sites (tertiary alicyclic amines) is 1. The number of piperidine rings is 1. The Bertz CT molecular complexity index is 762. The van der Waals surface area contributed by atoms with Gasteiger partial charge in [-0.3, -0.25) is 4.90 Å². The second kappa shape index (κ2) is 8.77. The Morgan fingerprint density at radius 3 is 2.30 bits per heavy atom. The average Bonchev–Trinajstić information content (AvgIpc) is 2.69. The van der Waals surface area contributed by atoms with Crippen LogP contribution >= 0.6 is 0 Å². The zero-order valence-electron chi connectivity index (χ0n) is 15.7. The summed E-state index contributed by atoms with van der Waals surface area (Å²) >= 11 is 0. The molecule has 1 N–H and O–H groups in total. The zero-order chi connectivity index (χ0) is 19.2. The minimum absolute atomic E-state index is 0.0943. The van der Waals surface area contributed by atoms with E-state index in [-0.39, 0.29) is 6.10 Å². The number of carboxylic acids is 1. The first kappa shape index (κ1) is 19.0. The molecule has 0 spiro atoms. The largest absolute Gasteiger partial charge is 0.493 e. The van der Waals surface area contributed by atoms with Crippen LogP contribution in [0.25, 0.3) is 0 Å². The molecule has 1 heterocycles. The van der Waals surface area contributed by atoms with Crippen LogP contribution in [-0.2, 0) is 6.54 Å². The summed E-state index contributed by atoms with van der Waals surface area (Å²) < 4.78 is 17.0. The van der Waals surface area contributed by atoms with Crippen LogP contribution in [0.15, 0.2) is 42.5 Å². The van der Waals surface area contributed by atoms with Gasteiger partial charge in [-0.1, -0.05) is 18.2 Å². The number of benzene rings is 2. The van der Waals surface area contributed by atoms with Gasteiger partial charge in [0.05, 0.1) is 19.8 Å². The molecule has 27 heavy (non-hydrogen) atoms. The highest BCUT2D eigenvalue weighted by atomic mass is 16.5. The molecule has 0 bridgehead atoms. The lowest BCUT2D eigenvalue weighted by Gasteiger charge is -2.32. The van der Waals surface area contributed by atoms with E-state index in [1.165, 1.54) is 0 Å². The van der Waals surface area contributed by atoms with Crippen LogP contribution in [0.3, 0.4) is 0 Å². The van der Waals surface area contributed by atoms with E-state index in [9.17, 15) is 4.79 Å². The molecule has 0 aromatic heterocycles. The van der Waals surface area contributed by atoms with E-state index < -0.39 is 5.97 Å². The molecule has 1 aliphatic heterocycles. The summed E-state index contributed by atoms with van der Waals surface area (Å²) in [7, 11) is 3.24. The summed E-state index contributed by atoms with van der Waals surface area (Å²) in [6.07, 6.45) is 1.87. The van der Waals surface area contributed by atoms with Crippen molar-refractivity contribution >= 4 is 5.97 Å². The molecule has 0 amide bonds. The molecular formula is C21H25NO5. The first-order chi connectivity index (χ1) is 13.1. The van der Waals surface area contributed by atoms with Crippen molar-refractivity contribution in [2.75, 3.05) is 27.3 Å². The van der Waals surface area contributed by atoms with Gasteiger partial charge >= 0.3 is 5.97 Å². The first-order valence-electron chi connectivity index (χ1n) is 9.03. The van der Waals surface area contributed by atoms with Crippen molar-refractivity contribution in [1.29, 1.82) is 0 Å². The summed E-state index contributed by atoms with van der Waals surface area (Å²) in [6.45, 7) is 2.52. The van der Waals surface area contributed by atoms with Crippen LogP contribution in [0.2, 0.25) is 0 Å². The van der Waals surface area contributed by atoms with Gasteiger partial charge in [-0.15, -0.1) is 0 Å². The van der Waals surface area contributed by atoms with Crippen molar-refractivity contribution in [2.45, 2.75) is 25.5 Å². The number of carboxylic acid groups (broad SMARTS) is 1. The molecule has 0 atom stereocenters. The van der Waals surface area contributed by atoms with Gasteiger partial charge in [0.1, 0.15) is 6.10 Å². The van der Waals surface area contributed by atoms with Gasteiger partial charge in [0.15, 0.2) is 11.5 Å². The smallest absolute Gasteiger partial charge is 0.335 e. The monoisotopic (exact) mass is 371 g/mol. The van der Waals surface area contributed by atoms with Crippen molar-refractivity contribution in [3.05, 3.63) is 53.6 Å². The van der Waals surface area contributed by atoms with E-state index >= 15 is 0 Å². The number of para-hydroxylation sites is 1. The summed E-state index contributed by atoms with van der Waals surface area (Å²) in [4.78, 5) is 13.4. The molecule has 144 valence electrons. The maximum Gasteiger partial charge on any atom is 0.335 e. The maximum atomic E-state index is 11.1. The third kappa shape index (κ3) is 4.71. The molecule has 1 aliphatic rings. The zero-order valence-corrected chi connectivity index (χ0v) is 15.7. The van der Waals surface area contributed by atoms with Crippen molar-refractivity contribution < 1.29 is 24.1 Å². The Morgan fingerprint density at radius 1 is 1.07 bits per heavy atom. The summed E-state index contributed by atoms with van der Waals surface area (Å²) in [5.41, 5.74) is 1.34. The number of aromatic carboxylic acids is 1. The van der Waals surface area contributed by atoms with Crippen molar-refractivity contribution in [2.24, 2.45) is 0 Å². The lowest BCUT2D eigenvalue weighted by molar-refractivity contribution is 0.0696. The van der Waals surface area contributed by atoms with Crippen molar-refractivity contribution in [3.8, 4) is 17.2 Å². The van der Waals surface area contributed by atoms with Gasteiger partial charge < -0.3 is 19.3 Å². The Labute approximate surface area is 159 Å². The van der Waals surface area contributed by atoms with E-state index in [1.54, 1.807) is 32.4 Å². The summed E-state index contributed by atoms with van der Waals surface area (Å²) in [5, 5.41) is 9.12. The fourth-order valence-corrected chi connectivity index (χ4v) is 3.35. The second-order valence-electron chi connectivity index (χ2n) is 6.59. The minimum atomic E-state index is -0.894. The molecule has 0 aliphatic carbocycles. The second-order valence-corrected chi connectivity index (χ2v) is 6.59. The van der Waals surface area contributed by atoms with Crippen LogP contribution in [-0.4, -0.2) is 49.4 Å². The third-order valence-electron chi connectivity index (χ3n) is 4.78. The van der Waals surface area contributed by atoms with Gasteiger partial charge in [0.25, 0.3) is 0 Å². The highest BCUT2D eigenvalue weighted by molar-refractivity contribution is 5.87. The lowest BCUT2D eigenvalue weighted by Crippen LogP contribution is -2.37.